The van der Waals surface area contributed by atoms with Gasteiger partial charge in [0.1, 0.15) is 10.4 Å². The first kappa shape index (κ1) is 25.6. The Bertz CT molecular complexity index is 1590. The Morgan fingerprint density at radius 3 is 1.95 bits per heavy atom. The van der Waals surface area contributed by atoms with Gasteiger partial charge in [0.05, 0.1) is 24.3 Å². The fraction of sp³-hybridized carbons (Fsp3) is 0.129. The maximum absolute atomic E-state index is 13.7. The lowest BCUT2D eigenvalue weighted by molar-refractivity contribution is 0.417. The SMILES string of the molecule is O=S1(=O)c2cc(Br)ccc2NCCN1Cc1cn(C(c2ccccc2)(c2ccccc2)c2ccccc2)cn1. The van der Waals surface area contributed by atoms with Crippen molar-refractivity contribution < 1.29 is 8.42 Å². The van der Waals surface area contributed by atoms with Crippen molar-refractivity contribution in [1.29, 1.82) is 0 Å². The van der Waals surface area contributed by atoms with Gasteiger partial charge in [-0.3, -0.25) is 0 Å². The normalized spacial score (nSPS) is 15.2. The summed E-state index contributed by atoms with van der Waals surface area (Å²) in [5.41, 5.74) is 3.82. The average Bonchev–Trinajstić information content (AvgIpc) is 3.39. The summed E-state index contributed by atoms with van der Waals surface area (Å²) < 4.78 is 31.7. The van der Waals surface area contributed by atoms with Gasteiger partial charge in [-0.15, -0.1) is 0 Å². The molecular weight excluding hydrogens is 572 g/mol. The smallest absolute Gasteiger partial charge is 0.245 e. The van der Waals surface area contributed by atoms with E-state index in [0.29, 0.717) is 24.5 Å². The quantitative estimate of drug-likeness (QED) is 0.240. The van der Waals surface area contributed by atoms with Crippen LogP contribution in [0.3, 0.4) is 0 Å². The molecule has 1 aliphatic rings. The second-order valence-electron chi connectivity index (χ2n) is 9.49. The molecule has 196 valence electrons. The van der Waals surface area contributed by atoms with E-state index < -0.39 is 15.6 Å². The molecule has 0 atom stereocenters. The molecular formula is C31H27BrN4O2S. The number of fused-ring (bicyclic) bond motifs is 1. The van der Waals surface area contributed by atoms with Crippen LogP contribution < -0.4 is 5.32 Å². The number of benzene rings is 4. The molecule has 0 aliphatic carbocycles. The number of anilines is 1. The van der Waals surface area contributed by atoms with Crippen LogP contribution in [0.4, 0.5) is 5.69 Å². The van der Waals surface area contributed by atoms with E-state index in [1.807, 2.05) is 73.2 Å². The molecule has 1 aliphatic heterocycles. The van der Waals surface area contributed by atoms with E-state index in [2.05, 4.69) is 62.2 Å². The molecule has 6 nitrogen and oxygen atoms in total. The Morgan fingerprint density at radius 2 is 1.38 bits per heavy atom. The molecule has 5 aromatic rings. The van der Waals surface area contributed by atoms with Gasteiger partial charge < -0.3 is 9.88 Å². The van der Waals surface area contributed by atoms with E-state index in [9.17, 15) is 8.42 Å². The lowest BCUT2D eigenvalue weighted by Gasteiger charge is -2.37. The molecule has 1 aromatic heterocycles. The first-order valence-electron chi connectivity index (χ1n) is 12.7. The Morgan fingerprint density at radius 1 is 0.821 bits per heavy atom. The second kappa shape index (κ2) is 10.4. The summed E-state index contributed by atoms with van der Waals surface area (Å²) in [5.74, 6) is 0. The molecule has 0 amide bonds. The summed E-state index contributed by atoms with van der Waals surface area (Å²) in [6, 6.07) is 36.3. The van der Waals surface area contributed by atoms with Crippen molar-refractivity contribution in [2.45, 2.75) is 17.0 Å². The highest BCUT2D eigenvalue weighted by Crippen LogP contribution is 2.41. The van der Waals surface area contributed by atoms with E-state index in [1.54, 1.807) is 12.1 Å². The van der Waals surface area contributed by atoms with Crippen LogP contribution in [0, 0.1) is 0 Å². The van der Waals surface area contributed by atoms with Crippen LogP contribution >= 0.6 is 15.9 Å². The monoisotopic (exact) mass is 598 g/mol. The van der Waals surface area contributed by atoms with E-state index >= 15 is 0 Å². The van der Waals surface area contributed by atoms with Gasteiger partial charge in [-0.1, -0.05) is 107 Å². The maximum Gasteiger partial charge on any atom is 0.245 e. The van der Waals surface area contributed by atoms with Crippen LogP contribution in [0.25, 0.3) is 0 Å². The predicted octanol–water partition coefficient (Wildman–Crippen LogP) is 6.10. The number of imidazole rings is 1. The summed E-state index contributed by atoms with van der Waals surface area (Å²) in [7, 11) is -3.73. The first-order valence-corrected chi connectivity index (χ1v) is 15.0. The number of nitrogens with one attached hydrogen (secondary N) is 1. The van der Waals surface area contributed by atoms with Gasteiger partial charge in [0, 0.05) is 23.8 Å². The number of halogens is 1. The summed E-state index contributed by atoms with van der Waals surface area (Å²) in [5, 5.41) is 3.25. The molecule has 39 heavy (non-hydrogen) atoms. The van der Waals surface area contributed by atoms with E-state index in [4.69, 9.17) is 4.98 Å². The minimum atomic E-state index is -3.73. The van der Waals surface area contributed by atoms with Gasteiger partial charge in [0.25, 0.3) is 0 Å². The largest absolute Gasteiger partial charge is 0.383 e. The third-order valence-electron chi connectivity index (χ3n) is 7.17. The molecule has 0 radical (unpaired) electrons. The summed E-state index contributed by atoms with van der Waals surface area (Å²) >= 11 is 3.42. The zero-order valence-corrected chi connectivity index (χ0v) is 23.5. The fourth-order valence-corrected chi connectivity index (χ4v) is 7.51. The van der Waals surface area contributed by atoms with Crippen molar-refractivity contribution in [3.8, 4) is 0 Å². The molecule has 1 N–H and O–H groups in total. The first-order chi connectivity index (χ1) is 19.0. The van der Waals surface area contributed by atoms with Crippen molar-refractivity contribution in [2.75, 3.05) is 18.4 Å². The van der Waals surface area contributed by atoms with Gasteiger partial charge in [-0.05, 0) is 34.9 Å². The number of rotatable bonds is 6. The van der Waals surface area contributed by atoms with Gasteiger partial charge >= 0.3 is 0 Å². The number of hydrogen-bond acceptors (Lipinski definition) is 4. The summed E-state index contributed by atoms with van der Waals surface area (Å²) in [6.07, 6.45) is 3.79. The highest BCUT2D eigenvalue weighted by atomic mass is 79.9. The molecule has 6 rings (SSSR count). The van der Waals surface area contributed by atoms with Crippen molar-refractivity contribution in [3.05, 3.63) is 149 Å². The summed E-state index contributed by atoms with van der Waals surface area (Å²) in [6.45, 7) is 1.01. The van der Waals surface area contributed by atoms with Crippen molar-refractivity contribution in [3.63, 3.8) is 0 Å². The molecule has 0 saturated carbocycles. The molecule has 0 bridgehead atoms. The Kier molecular flexibility index (Phi) is 6.85. The Balaban J connectivity index is 1.47. The number of hydrogen-bond donors (Lipinski definition) is 1. The molecule has 8 heteroatoms. The lowest BCUT2D eigenvalue weighted by Crippen LogP contribution is -2.37. The molecule has 2 heterocycles. The summed E-state index contributed by atoms with van der Waals surface area (Å²) in [4.78, 5) is 5.01. The van der Waals surface area contributed by atoms with E-state index in [0.717, 1.165) is 21.2 Å². The third kappa shape index (κ3) is 4.58. The predicted molar refractivity (Wildman–Crippen MR) is 157 cm³/mol. The van der Waals surface area contributed by atoms with Gasteiger partial charge in [0.2, 0.25) is 10.0 Å². The zero-order chi connectivity index (χ0) is 26.9. The molecule has 0 spiro atoms. The minimum Gasteiger partial charge on any atom is -0.383 e. The topological polar surface area (TPSA) is 67.2 Å². The standard InChI is InChI=1S/C31H27BrN4O2S/c32-27-16-17-29-30(20-27)39(37,38)36(19-18-33-29)22-28-21-35(23-34-28)31(24-10-4-1-5-11-24,25-12-6-2-7-13-25)26-14-8-3-9-15-26/h1-17,20-21,23,33H,18-19,22H2. The minimum absolute atomic E-state index is 0.164. The second-order valence-corrected chi connectivity index (χ2v) is 12.3. The van der Waals surface area contributed by atoms with E-state index in [1.165, 1.54) is 4.31 Å². The van der Waals surface area contributed by atoms with Crippen LogP contribution in [-0.4, -0.2) is 35.4 Å². The number of aromatic nitrogens is 2. The highest BCUT2D eigenvalue weighted by molar-refractivity contribution is 9.10. The number of sulfonamides is 1. The van der Waals surface area contributed by atoms with Crippen molar-refractivity contribution in [1.82, 2.24) is 13.9 Å². The average molecular weight is 600 g/mol. The molecule has 4 aromatic carbocycles. The van der Waals surface area contributed by atoms with Crippen LogP contribution in [0.1, 0.15) is 22.4 Å². The molecule has 0 saturated heterocycles. The van der Waals surface area contributed by atoms with E-state index in [-0.39, 0.29) is 11.4 Å². The molecule has 0 fully saturated rings. The van der Waals surface area contributed by atoms with Crippen LogP contribution in [0.2, 0.25) is 0 Å². The Hall–Kier alpha value is -3.72. The van der Waals surface area contributed by atoms with Crippen LogP contribution in [0.15, 0.2) is 131 Å². The van der Waals surface area contributed by atoms with Crippen molar-refractivity contribution in [2.24, 2.45) is 0 Å². The molecule has 0 unspecified atom stereocenters. The van der Waals surface area contributed by atoms with Crippen molar-refractivity contribution >= 4 is 31.6 Å². The zero-order valence-electron chi connectivity index (χ0n) is 21.1. The third-order valence-corrected chi connectivity index (χ3v) is 9.55. The van der Waals surface area contributed by atoms with Crippen LogP contribution in [-0.2, 0) is 22.1 Å². The fourth-order valence-electron chi connectivity index (χ4n) is 5.39. The van der Waals surface area contributed by atoms with Gasteiger partial charge in [0.15, 0.2) is 0 Å². The number of nitrogens with zero attached hydrogens (tertiary/aromatic N) is 3. The van der Waals surface area contributed by atoms with Gasteiger partial charge in [-0.25, -0.2) is 13.4 Å². The van der Waals surface area contributed by atoms with Gasteiger partial charge in [-0.2, -0.15) is 4.31 Å². The van der Waals surface area contributed by atoms with Crippen LogP contribution in [0.5, 0.6) is 0 Å². The lowest BCUT2D eigenvalue weighted by atomic mass is 9.77. The Labute approximate surface area is 237 Å². The highest BCUT2D eigenvalue weighted by Gasteiger charge is 2.39. The maximum atomic E-state index is 13.7.